The quantitative estimate of drug-likeness (QED) is 0.419. The molecule has 23 heavy (non-hydrogen) atoms. The summed E-state index contributed by atoms with van der Waals surface area (Å²) >= 11 is 6.25. The smallest absolute Gasteiger partial charge is 0.191 e. The third-order valence-corrected chi connectivity index (χ3v) is 4.57. The Morgan fingerprint density at radius 3 is 2.83 bits per heavy atom. The van der Waals surface area contributed by atoms with E-state index in [1.54, 1.807) is 0 Å². The fourth-order valence-electron chi connectivity index (χ4n) is 2.98. The topological polar surface area (TPSA) is 39.7 Å². The van der Waals surface area contributed by atoms with Gasteiger partial charge in [0.1, 0.15) is 0 Å². The summed E-state index contributed by atoms with van der Waals surface area (Å²) in [6.07, 6.45) is 2.57. The standard InChI is InChI=1S/C17H27ClN4.HI/c1-13(15-8-4-5-9-16(15)18)21-17(19-2)20-11-14-7-6-10-22(3)12-14;/h4-5,8-9,13-14H,6-7,10-12H2,1-3H3,(H2,19,20,21);1H. The minimum atomic E-state index is 0. The summed E-state index contributed by atoms with van der Waals surface area (Å²) in [6.45, 7) is 5.43. The van der Waals surface area contributed by atoms with Crippen molar-refractivity contribution in [2.24, 2.45) is 10.9 Å². The molecule has 2 atom stereocenters. The molecule has 0 spiro atoms. The van der Waals surface area contributed by atoms with Crippen molar-refractivity contribution in [1.29, 1.82) is 0 Å². The van der Waals surface area contributed by atoms with Gasteiger partial charge in [0.05, 0.1) is 6.04 Å². The molecule has 1 fully saturated rings. The van der Waals surface area contributed by atoms with Gasteiger partial charge in [-0.3, -0.25) is 4.99 Å². The van der Waals surface area contributed by atoms with Crippen LogP contribution in [0.5, 0.6) is 0 Å². The number of hydrogen-bond donors (Lipinski definition) is 2. The maximum absolute atomic E-state index is 6.25. The van der Waals surface area contributed by atoms with Gasteiger partial charge in [-0.05, 0) is 50.9 Å². The predicted octanol–water partition coefficient (Wildman–Crippen LogP) is 3.53. The van der Waals surface area contributed by atoms with Crippen molar-refractivity contribution in [1.82, 2.24) is 15.5 Å². The van der Waals surface area contributed by atoms with Crippen molar-refractivity contribution in [3.63, 3.8) is 0 Å². The first-order valence-electron chi connectivity index (χ1n) is 8.00. The molecule has 2 rings (SSSR count). The largest absolute Gasteiger partial charge is 0.356 e. The first-order valence-corrected chi connectivity index (χ1v) is 8.38. The maximum atomic E-state index is 6.25. The van der Waals surface area contributed by atoms with E-state index in [-0.39, 0.29) is 30.0 Å². The molecule has 1 aliphatic rings. The highest BCUT2D eigenvalue weighted by Crippen LogP contribution is 2.22. The molecule has 1 saturated heterocycles. The molecule has 1 aliphatic heterocycles. The van der Waals surface area contributed by atoms with Crippen LogP contribution in [0.15, 0.2) is 29.3 Å². The first-order chi connectivity index (χ1) is 10.6. The van der Waals surface area contributed by atoms with Gasteiger partial charge in [0.25, 0.3) is 0 Å². The van der Waals surface area contributed by atoms with Crippen LogP contribution in [0.4, 0.5) is 0 Å². The number of nitrogens with one attached hydrogen (secondary N) is 2. The van der Waals surface area contributed by atoms with Crippen LogP contribution in [0.3, 0.4) is 0 Å². The number of benzene rings is 1. The van der Waals surface area contributed by atoms with Crippen molar-refractivity contribution < 1.29 is 0 Å². The van der Waals surface area contributed by atoms with Crippen molar-refractivity contribution in [2.45, 2.75) is 25.8 Å². The Morgan fingerprint density at radius 1 is 1.43 bits per heavy atom. The van der Waals surface area contributed by atoms with Crippen LogP contribution in [0.2, 0.25) is 5.02 Å². The lowest BCUT2D eigenvalue weighted by Crippen LogP contribution is -2.44. The number of nitrogens with zero attached hydrogens (tertiary/aromatic N) is 2. The number of guanidine groups is 1. The molecule has 0 bridgehead atoms. The van der Waals surface area contributed by atoms with Crippen molar-refractivity contribution in [3.8, 4) is 0 Å². The molecule has 0 aromatic heterocycles. The van der Waals surface area contributed by atoms with Gasteiger partial charge in [-0.2, -0.15) is 0 Å². The lowest BCUT2D eigenvalue weighted by Gasteiger charge is -2.30. The van der Waals surface area contributed by atoms with Gasteiger partial charge in [0.15, 0.2) is 5.96 Å². The molecular weight excluding hydrogens is 423 g/mol. The predicted molar refractivity (Wildman–Crippen MR) is 110 cm³/mol. The Morgan fingerprint density at radius 2 is 2.17 bits per heavy atom. The molecule has 130 valence electrons. The Balaban J connectivity index is 0.00000264. The Labute approximate surface area is 162 Å². The third-order valence-electron chi connectivity index (χ3n) is 4.23. The summed E-state index contributed by atoms with van der Waals surface area (Å²) in [7, 11) is 4.00. The highest BCUT2D eigenvalue weighted by molar-refractivity contribution is 14.0. The molecule has 0 radical (unpaired) electrons. The second-order valence-electron chi connectivity index (χ2n) is 6.11. The number of piperidine rings is 1. The molecule has 1 aromatic carbocycles. The average molecular weight is 451 g/mol. The number of rotatable bonds is 4. The molecule has 4 nitrogen and oxygen atoms in total. The van der Waals surface area contributed by atoms with Crippen molar-refractivity contribution >= 4 is 41.5 Å². The summed E-state index contributed by atoms with van der Waals surface area (Å²) in [4.78, 5) is 6.73. The van der Waals surface area contributed by atoms with Crippen LogP contribution in [-0.2, 0) is 0 Å². The molecule has 1 heterocycles. The van der Waals surface area contributed by atoms with Gasteiger partial charge in [0, 0.05) is 25.2 Å². The zero-order valence-corrected chi connectivity index (χ0v) is 17.3. The van der Waals surface area contributed by atoms with Gasteiger partial charge in [-0.25, -0.2) is 0 Å². The molecule has 6 heteroatoms. The van der Waals surface area contributed by atoms with E-state index in [1.165, 1.54) is 19.4 Å². The summed E-state index contributed by atoms with van der Waals surface area (Å²) in [5.74, 6) is 1.52. The maximum Gasteiger partial charge on any atom is 0.191 e. The lowest BCUT2D eigenvalue weighted by atomic mass is 9.98. The van der Waals surface area contributed by atoms with E-state index in [4.69, 9.17) is 11.6 Å². The highest BCUT2D eigenvalue weighted by Gasteiger charge is 2.18. The van der Waals surface area contributed by atoms with Crippen LogP contribution < -0.4 is 10.6 Å². The van der Waals surface area contributed by atoms with E-state index >= 15 is 0 Å². The average Bonchev–Trinajstić information content (AvgIpc) is 2.51. The number of aliphatic imine (C=N–C) groups is 1. The first kappa shape index (κ1) is 20.5. The molecular formula is C17H28ClIN4. The third kappa shape index (κ3) is 6.47. The molecule has 2 unspecified atom stereocenters. The molecule has 2 N–H and O–H groups in total. The Hall–Kier alpha value is -0.530. The second kappa shape index (κ2) is 10.4. The fraction of sp³-hybridized carbons (Fsp3) is 0.588. The number of hydrogen-bond acceptors (Lipinski definition) is 2. The van der Waals surface area contributed by atoms with E-state index in [0.29, 0.717) is 5.92 Å². The zero-order chi connectivity index (χ0) is 15.9. The normalized spacial score (nSPS) is 20.5. The molecule has 0 aliphatic carbocycles. The van der Waals surface area contributed by atoms with Gasteiger partial charge >= 0.3 is 0 Å². The summed E-state index contributed by atoms with van der Waals surface area (Å²) in [5.41, 5.74) is 1.09. The highest BCUT2D eigenvalue weighted by atomic mass is 127. The Bertz CT molecular complexity index is 509. The van der Waals surface area contributed by atoms with E-state index < -0.39 is 0 Å². The number of halogens is 2. The summed E-state index contributed by atoms with van der Waals surface area (Å²) in [5, 5.41) is 7.65. The van der Waals surface area contributed by atoms with Gasteiger partial charge in [0.2, 0.25) is 0 Å². The monoisotopic (exact) mass is 450 g/mol. The van der Waals surface area contributed by atoms with E-state index in [2.05, 4.69) is 34.5 Å². The zero-order valence-electron chi connectivity index (χ0n) is 14.2. The van der Waals surface area contributed by atoms with Gasteiger partial charge < -0.3 is 15.5 Å². The van der Waals surface area contributed by atoms with E-state index in [9.17, 15) is 0 Å². The van der Waals surface area contributed by atoms with Crippen molar-refractivity contribution in [2.75, 3.05) is 33.7 Å². The minimum Gasteiger partial charge on any atom is -0.356 e. The molecule has 1 aromatic rings. The van der Waals surface area contributed by atoms with Crippen LogP contribution in [0, 0.1) is 5.92 Å². The Kier molecular flexibility index (Phi) is 9.24. The van der Waals surface area contributed by atoms with Crippen LogP contribution in [0.25, 0.3) is 0 Å². The van der Waals surface area contributed by atoms with Gasteiger partial charge in [-0.1, -0.05) is 29.8 Å². The van der Waals surface area contributed by atoms with Crippen molar-refractivity contribution in [3.05, 3.63) is 34.9 Å². The minimum absolute atomic E-state index is 0. The van der Waals surface area contributed by atoms with Crippen LogP contribution in [0.1, 0.15) is 31.4 Å². The van der Waals surface area contributed by atoms with Crippen LogP contribution >= 0.6 is 35.6 Å². The lowest BCUT2D eigenvalue weighted by molar-refractivity contribution is 0.210. The second-order valence-corrected chi connectivity index (χ2v) is 6.52. The van der Waals surface area contributed by atoms with E-state index in [1.807, 2.05) is 31.3 Å². The van der Waals surface area contributed by atoms with Gasteiger partial charge in [-0.15, -0.1) is 24.0 Å². The summed E-state index contributed by atoms with van der Waals surface area (Å²) in [6, 6.07) is 8.04. The van der Waals surface area contributed by atoms with E-state index in [0.717, 1.165) is 29.6 Å². The molecule has 0 amide bonds. The summed E-state index contributed by atoms with van der Waals surface area (Å²) < 4.78 is 0. The molecule has 0 saturated carbocycles. The SMILES string of the molecule is CN=C(NCC1CCCN(C)C1)NC(C)c1ccccc1Cl.I. The van der Waals surface area contributed by atoms with Crippen LogP contribution in [-0.4, -0.2) is 44.6 Å². The number of likely N-dealkylation sites (tertiary alicyclic amines) is 1. The fourth-order valence-corrected chi connectivity index (χ4v) is 3.28.